The number of amides is 2. The van der Waals surface area contributed by atoms with Gasteiger partial charge in [-0.15, -0.1) is 28.4 Å². The molecule has 2 unspecified atom stereocenters. The van der Waals surface area contributed by atoms with Crippen molar-refractivity contribution in [1.82, 2.24) is 35.8 Å². The van der Waals surface area contributed by atoms with Crippen LogP contribution in [0.15, 0.2) is 39.8 Å². The van der Waals surface area contributed by atoms with E-state index in [1.165, 1.54) is 40.6 Å². The lowest BCUT2D eigenvalue weighted by atomic mass is 10.0. The number of fused-ring (bicyclic) bond motifs is 1. The third-order valence-corrected chi connectivity index (χ3v) is 7.44. The number of hydrogen-bond acceptors (Lipinski definition) is 12. The van der Waals surface area contributed by atoms with Crippen LogP contribution in [0.4, 0.5) is 5.82 Å². The summed E-state index contributed by atoms with van der Waals surface area (Å²) in [6, 6.07) is 3.62. The molecular weight excluding hydrogens is 510 g/mol. The molecule has 1 fully saturated rings. The normalized spacial score (nSPS) is 20.2. The number of carbonyl (C=O) groups is 3. The van der Waals surface area contributed by atoms with E-state index in [2.05, 4.69) is 42.0 Å². The maximum absolute atomic E-state index is 13.0. The van der Waals surface area contributed by atoms with Crippen molar-refractivity contribution in [1.29, 1.82) is 0 Å². The highest BCUT2D eigenvalue weighted by Gasteiger charge is 2.55. The van der Waals surface area contributed by atoms with Gasteiger partial charge in [-0.1, -0.05) is 28.9 Å². The molecule has 0 bridgehead atoms. The first-order valence-corrected chi connectivity index (χ1v) is 12.2. The van der Waals surface area contributed by atoms with Gasteiger partial charge in [0.25, 0.3) is 11.8 Å². The second-order valence-electron chi connectivity index (χ2n) is 7.36. The summed E-state index contributed by atoms with van der Waals surface area (Å²) in [5, 5.41) is 29.2. The fourth-order valence-electron chi connectivity index (χ4n) is 3.52. The lowest BCUT2D eigenvalue weighted by molar-refractivity contribution is -0.150. The number of hydrogen-bond donors (Lipinski definition) is 4. The number of carboxylic acids is 1. The van der Waals surface area contributed by atoms with Crippen molar-refractivity contribution in [2.75, 3.05) is 18.1 Å². The lowest BCUT2D eigenvalue weighted by Gasteiger charge is -2.49. The SMILES string of the molecule is C#CCON=C(C(=O)NC1C(=O)N2C(C(=O)O)=C(C(C)Sc3nn[nH]n3)CS[C@H]12)c1cccc(N)n1. The zero-order valence-corrected chi connectivity index (χ0v) is 20.2. The number of rotatable bonds is 9. The maximum Gasteiger partial charge on any atom is 0.352 e. The van der Waals surface area contributed by atoms with Crippen molar-refractivity contribution < 1.29 is 24.3 Å². The molecule has 186 valence electrons. The van der Waals surface area contributed by atoms with Gasteiger partial charge in [0.2, 0.25) is 5.16 Å². The minimum absolute atomic E-state index is 0.116. The van der Waals surface area contributed by atoms with Crippen LogP contribution < -0.4 is 11.1 Å². The molecule has 2 aliphatic heterocycles. The standard InChI is InChI=1S/C20H19N9O5S2/c1-3-7-34-26-13(11-5-4-6-12(21)22-11)16(30)23-14-17(31)29-15(19(32)33)10(8-35-18(14)29)9(2)36-20-24-27-28-25-20/h1,4-6,9,14,18H,7-8H2,2H3,(H2,21,22)(H,23,30)(H,32,33)(H,24,25,27,28)/t9?,14?,18-/m1/s1. The van der Waals surface area contributed by atoms with Crippen molar-refractivity contribution in [3.05, 3.63) is 35.2 Å². The highest BCUT2D eigenvalue weighted by Crippen LogP contribution is 2.43. The number of nitrogens with two attached hydrogens (primary N) is 1. The van der Waals surface area contributed by atoms with Crippen LogP contribution in [0.1, 0.15) is 12.6 Å². The predicted octanol–water partition coefficient (Wildman–Crippen LogP) is -0.550. The number of aromatic nitrogens is 5. The third kappa shape index (κ3) is 4.97. The van der Waals surface area contributed by atoms with Gasteiger partial charge < -0.3 is 21.0 Å². The van der Waals surface area contributed by atoms with Crippen LogP contribution in [0.2, 0.25) is 0 Å². The first-order valence-electron chi connectivity index (χ1n) is 10.3. The molecule has 2 amide bonds. The van der Waals surface area contributed by atoms with Crippen molar-refractivity contribution in [3.8, 4) is 12.3 Å². The van der Waals surface area contributed by atoms with E-state index in [1.54, 1.807) is 13.0 Å². The maximum atomic E-state index is 13.0. The van der Waals surface area contributed by atoms with Crippen LogP contribution >= 0.6 is 23.5 Å². The van der Waals surface area contributed by atoms with Crippen molar-refractivity contribution >= 4 is 52.8 Å². The van der Waals surface area contributed by atoms with Crippen LogP contribution in [0.5, 0.6) is 0 Å². The molecule has 5 N–H and O–H groups in total. The summed E-state index contributed by atoms with van der Waals surface area (Å²) in [4.78, 5) is 48.4. The molecule has 0 spiro atoms. The van der Waals surface area contributed by atoms with E-state index in [4.69, 9.17) is 17.0 Å². The molecule has 0 radical (unpaired) electrons. The van der Waals surface area contributed by atoms with Gasteiger partial charge in [-0.2, -0.15) is 5.21 Å². The average Bonchev–Trinajstić information content (AvgIpc) is 3.37. The van der Waals surface area contributed by atoms with Crippen LogP contribution in [0, 0.1) is 12.3 Å². The second kappa shape index (κ2) is 10.7. The fourth-order valence-corrected chi connectivity index (χ4v) is 5.93. The van der Waals surface area contributed by atoms with E-state index in [-0.39, 0.29) is 34.8 Å². The number of terminal acetylenes is 1. The second-order valence-corrected chi connectivity index (χ2v) is 9.77. The number of oxime groups is 1. The minimum Gasteiger partial charge on any atom is -0.477 e. The Balaban J connectivity index is 1.54. The van der Waals surface area contributed by atoms with E-state index in [9.17, 15) is 19.5 Å². The van der Waals surface area contributed by atoms with E-state index in [0.29, 0.717) is 16.5 Å². The molecule has 2 aliphatic rings. The molecule has 36 heavy (non-hydrogen) atoms. The fraction of sp³-hybridized carbons (Fsp3) is 0.300. The Bertz CT molecular complexity index is 1290. The predicted molar refractivity (Wildman–Crippen MR) is 129 cm³/mol. The molecule has 0 aromatic carbocycles. The summed E-state index contributed by atoms with van der Waals surface area (Å²) >= 11 is 2.54. The smallest absolute Gasteiger partial charge is 0.352 e. The summed E-state index contributed by atoms with van der Waals surface area (Å²) in [6.07, 6.45) is 5.17. The number of carbonyl (C=O) groups excluding carboxylic acids is 2. The van der Waals surface area contributed by atoms with E-state index in [0.717, 1.165) is 0 Å². The van der Waals surface area contributed by atoms with Crippen molar-refractivity contribution in [3.63, 3.8) is 0 Å². The number of nitrogens with zero attached hydrogens (tertiary/aromatic N) is 6. The quantitative estimate of drug-likeness (QED) is 0.0807. The molecule has 3 atom stereocenters. The highest BCUT2D eigenvalue weighted by molar-refractivity contribution is 8.01. The van der Waals surface area contributed by atoms with Crippen molar-refractivity contribution in [2.24, 2.45) is 5.16 Å². The molecule has 0 saturated carbocycles. The number of thioether (sulfide) groups is 2. The molecule has 14 nitrogen and oxygen atoms in total. The number of aromatic amines is 1. The summed E-state index contributed by atoms with van der Waals surface area (Å²) in [5.41, 5.74) is 6.01. The van der Waals surface area contributed by atoms with Gasteiger partial charge in [0.1, 0.15) is 28.6 Å². The Hall–Kier alpha value is -4.10. The Kier molecular flexibility index (Phi) is 7.41. The molecule has 16 heteroatoms. The molecule has 1 saturated heterocycles. The monoisotopic (exact) mass is 529 g/mol. The van der Waals surface area contributed by atoms with Crippen LogP contribution in [0.25, 0.3) is 0 Å². The number of pyridine rings is 1. The van der Waals surface area contributed by atoms with Gasteiger partial charge in [-0.05, 0) is 29.8 Å². The van der Waals surface area contributed by atoms with Crippen molar-refractivity contribution in [2.45, 2.75) is 28.7 Å². The summed E-state index contributed by atoms with van der Waals surface area (Å²) in [7, 11) is 0. The van der Waals surface area contributed by atoms with Gasteiger partial charge >= 0.3 is 5.97 Å². The van der Waals surface area contributed by atoms with Gasteiger partial charge in [0.05, 0.1) is 0 Å². The van der Waals surface area contributed by atoms with E-state index in [1.807, 2.05) is 0 Å². The zero-order valence-electron chi connectivity index (χ0n) is 18.6. The van der Waals surface area contributed by atoms with Gasteiger partial charge in [0.15, 0.2) is 12.3 Å². The zero-order chi connectivity index (χ0) is 25.8. The molecule has 2 aromatic heterocycles. The Morgan fingerprint density at radius 2 is 2.33 bits per heavy atom. The number of H-pyrrole nitrogens is 1. The number of β-lactam (4-membered cyclic amide) rings is 1. The minimum atomic E-state index is -1.25. The van der Waals surface area contributed by atoms with Crippen LogP contribution in [-0.4, -0.2) is 88.1 Å². The average molecular weight is 530 g/mol. The number of carboxylic acid groups (broad SMARTS) is 1. The summed E-state index contributed by atoms with van der Waals surface area (Å²) in [5.74, 6) is 0.121. The first kappa shape index (κ1) is 25.0. The highest BCUT2D eigenvalue weighted by atomic mass is 32.2. The van der Waals surface area contributed by atoms with Gasteiger partial charge in [0, 0.05) is 11.0 Å². The topological polar surface area (TPSA) is 202 Å². The van der Waals surface area contributed by atoms with Crippen LogP contribution in [0.3, 0.4) is 0 Å². The molecule has 4 heterocycles. The molecule has 0 aliphatic carbocycles. The lowest BCUT2D eigenvalue weighted by Crippen LogP contribution is -2.71. The number of nitrogens with one attached hydrogen (secondary N) is 2. The Labute approximate surface area is 212 Å². The third-order valence-electron chi connectivity index (χ3n) is 5.12. The Morgan fingerprint density at radius 3 is 3.00 bits per heavy atom. The van der Waals surface area contributed by atoms with Gasteiger partial charge in [-0.25, -0.2) is 9.78 Å². The van der Waals surface area contributed by atoms with E-state index < -0.39 is 29.2 Å². The first-order chi connectivity index (χ1) is 17.3. The Morgan fingerprint density at radius 1 is 1.53 bits per heavy atom. The summed E-state index contributed by atoms with van der Waals surface area (Å²) < 4.78 is 0. The molecular formula is C20H19N9O5S2. The molecule has 4 rings (SSSR count). The number of nitrogen functional groups attached to an aromatic ring is 1. The van der Waals surface area contributed by atoms with Crippen LogP contribution in [-0.2, 0) is 19.2 Å². The number of tetrazole rings is 1. The largest absolute Gasteiger partial charge is 0.477 e. The van der Waals surface area contributed by atoms with E-state index >= 15 is 0 Å². The van der Waals surface area contributed by atoms with Gasteiger partial charge in [-0.3, -0.25) is 14.5 Å². The number of anilines is 1. The summed E-state index contributed by atoms with van der Waals surface area (Å²) in [6.45, 7) is 1.60. The molecule has 2 aromatic rings. The number of aliphatic carboxylic acids is 1.